The van der Waals surface area contributed by atoms with Gasteiger partial charge < -0.3 is 0 Å². The highest BCUT2D eigenvalue weighted by atomic mass is 35.5. The number of alkyl halides is 3. The quantitative estimate of drug-likeness (QED) is 0.559. The first-order chi connectivity index (χ1) is 6.07. The molecule has 0 aliphatic rings. The first-order valence-electron chi connectivity index (χ1n) is 3.24. The van der Waals surface area contributed by atoms with Crippen molar-refractivity contribution in [2.24, 2.45) is 0 Å². The molecule has 6 heteroatoms. The van der Waals surface area contributed by atoms with Gasteiger partial charge in [-0.2, -0.15) is 4.39 Å². The number of hydrogen-bond acceptors (Lipinski definition) is 1. The molecule has 1 heterocycles. The van der Waals surface area contributed by atoms with E-state index in [1.54, 1.807) is 0 Å². The van der Waals surface area contributed by atoms with Crippen molar-refractivity contribution < 1.29 is 13.2 Å². The van der Waals surface area contributed by atoms with Crippen LogP contribution in [0.4, 0.5) is 13.2 Å². The summed E-state index contributed by atoms with van der Waals surface area (Å²) in [4.78, 5) is 3.12. The smallest absolute Gasteiger partial charge is 0.227 e. The lowest BCUT2D eigenvalue weighted by Crippen LogP contribution is -1.97. The minimum Gasteiger partial charge on any atom is -0.227 e. The average Bonchev–Trinajstić information content (AvgIpc) is 2.04. The van der Waals surface area contributed by atoms with Crippen LogP contribution in [0.25, 0.3) is 0 Å². The second kappa shape index (κ2) is 4.15. The zero-order chi connectivity index (χ0) is 10.0. The van der Waals surface area contributed by atoms with Gasteiger partial charge in [-0.05, 0) is 0 Å². The lowest BCUT2D eigenvalue weighted by Gasteiger charge is -2.06. The van der Waals surface area contributed by atoms with Crippen LogP contribution in [-0.2, 0) is 5.88 Å². The van der Waals surface area contributed by atoms with E-state index in [9.17, 15) is 13.2 Å². The standard InChI is InChI=1S/C7H4Cl2F3N/c8-1-3-5(9)4(6(10)11)2-13-7(3)12/h2,6H,1H2. The molecule has 0 saturated carbocycles. The van der Waals surface area contributed by atoms with E-state index in [4.69, 9.17) is 23.2 Å². The van der Waals surface area contributed by atoms with Crippen LogP contribution in [0.3, 0.4) is 0 Å². The Kier molecular flexibility index (Phi) is 3.39. The van der Waals surface area contributed by atoms with E-state index in [1.807, 2.05) is 0 Å². The Bertz CT molecular complexity index is 317. The normalized spacial score (nSPS) is 10.9. The highest BCUT2D eigenvalue weighted by Crippen LogP contribution is 2.30. The average molecular weight is 230 g/mol. The van der Waals surface area contributed by atoms with Gasteiger partial charge in [0.05, 0.1) is 16.5 Å². The minimum absolute atomic E-state index is 0.193. The number of hydrogen-bond donors (Lipinski definition) is 0. The molecule has 0 aliphatic heterocycles. The van der Waals surface area contributed by atoms with Crippen LogP contribution in [0.15, 0.2) is 6.20 Å². The summed E-state index contributed by atoms with van der Waals surface area (Å²) < 4.78 is 37.1. The van der Waals surface area contributed by atoms with Gasteiger partial charge in [-0.15, -0.1) is 11.6 Å². The Balaban J connectivity index is 3.27. The largest absolute Gasteiger partial charge is 0.266 e. The maximum atomic E-state index is 12.8. The van der Waals surface area contributed by atoms with Crippen LogP contribution in [0, 0.1) is 5.95 Å². The van der Waals surface area contributed by atoms with Crippen LogP contribution < -0.4 is 0 Å². The molecule has 0 aliphatic carbocycles. The molecule has 0 bridgehead atoms. The van der Waals surface area contributed by atoms with Crippen molar-refractivity contribution in [3.63, 3.8) is 0 Å². The van der Waals surface area contributed by atoms with Gasteiger partial charge in [0.25, 0.3) is 6.43 Å². The Labute approximate surface area is 82.5 Å². The summed E-state index contributed by atoms with van der Waals surface area (Å²) in [6, 6.07) is 0. The Morgan fingerprint density at radius 2 is 2.08 bits per heavy atom. The second-order valence-corrected chi connectivity index (χ2v) is 2.88. The van der Waals surface area contributed by atoms with E-state index in [0.29, 0.717) is 6.20 Å². The fraction of sp³-hybridized carbons (Fsp3) is 0.286. The van der Waals surface area contributed by atoms with Crippen LogP contribution in [0.2, 0.25) is 5.02 Å². The van der Waals surface area contributed by atoms with E-state index in [0.717, 1.165) is 0 Å². The van der Waals surface area contributed by atoms with Crippen molar-refractivity contribution in [1.82, 2.24) is 4.98 Å². The van der Waals surface area contributed by atoms with Crippen LogP contribution in [-0.4, -0.2) is 4.98 Å². The van der Waals surface area contributed by atoms with Gasteiger partial charge in [-0.25, -0.2) is 13.8 Å². The summed E-state index contributed by atoms with van der Waals surface area (Å²) in [5.74, 6) is -1.19. The molecule has 0 N–H and O–H groups in total. The van der Waals surface area contributed by atoms with E-state index in [-0.39, 0.29) is 16.5 Å². The molecule has 72 valence electrons. The molecule has 1 aromatic heterocycles. The van der Waals surface area contributed by atoms with Gasteiger partial charge in [-0.1, -0.05) is 11.6 Å². The van der Waals surface area contributed by atoms with Gasteiger partial charge in [-0.3, -0.25) is 0 Å². The molecule has 0 aromatic carbocycles. The third kappa shape index (κ3) is 2.06. The molecule has 0 radical (unpaired) electrons. The van der Waals surface area contributed by atoms with E-state index in [1.165, 1.54) is 0 Å². The molecular formula is C7H4Cl2F3N. The fourth-order valence-electron chi connectivity index (χ4n) is 0.792. The van der Waals surface area contributed by atoms with E-state index in [2.05, 4.69) is 4.98 Å². The van der Waals surface area contributed by atoms with Gasteiger partial charge >= 0.3 is 0 Å². The van der Waals surface area contributed by atoms with Gasteiger partial charge in [0.2, 0.25) is 5.95 Å². The first kappa shape index (κ1) is 10.6. The summed E-state index contributed by atoms with van der Waals surface area (Å²) in [5.41, 5.74) is -0.695. The van der Waals surface area contributed by atoms with Gasteiger partial charge in [0, 0.05) is 11.8 Å². The van der Waals surface area contributed by atoms with Crippen LogP contribution in [0.5, 0.6) is 0 Å². The van der Waals surface area contributed by atoms with Crippen molar-refractivity contribution >= 4 is 23.2 Å². The maximum absolute atomic E-state index is 12.8. The molecule has 0 spiro atoms. The zero-order valence-electron chi connectivity index (χ0n) is 6.20. The summed E-state index contributed by atoms with van der Waals surface area (Å²) in [6.07, 6.45) is -2.07. The Hall–Kier alpha value is -0.480. The van der Waals surface area contributed by atoms with Crippen molar-refractivity contribution in [2.45, 2.75) is 12.3 Å². The SMILES string of the molecule is Fc1ncc(C(F)F)c(Cl)c1CCl. The first-order valence-corrected chi connectivity index (χ1v) is 4.16. The predicted molar refractivity (Wildman–Crippen MR) is 43.7 cm³/mol. The maximum Gasteiger partial charge on any atom is 0.266 e. The van der Waals surface area contributed by atoms with Crippen molar-refractivity contribution in [1.29, 1.82) is 0 Å². The number of rotatable bonds is 2. The van der Waals surface area contributed by atoms with Crippen molar-refractivity contribution in [3.8, 4) is 0 Å². The highest BCUT2D eigenvalue weighted by Gasteiger charge is 2.18. The third-order valence-electron chi connectivity index (χ3n) is 1.45. The summed E-state index contributed by atoms with van der Waals surface area (Å²) in [5, 5.41) is -0.350. The second-order valence-electron chi connectivity index (χ2n) is 2.23. The number of nitrogens with zero attached hydrogens (tertiary/aromatic N) is 1. The number of pyridine rings is 1. The summed E-state index contributed by atoms with van der Waals surface area (Å²) in [7, 11) is 0. The lowest BCUT2D eigenvalue weighted by atomic mass is 10.2. The van der Waals surface area contributed by atoms with Crippen LogP contribution >= 0.6 is 23.2 Å². The van der Waals surface area contributed by atoms with Crippen molar-refractivity contribution in [3.05, 3.63) is 28.3 Å². The van der Waals surface area contributed by atoms with Gasteiger partial charge in [0.1, 0.15) is 0 Å². The fourth-order valence-corrected chi connectivity index (χ4v) is 1.38. The molecule has 0 amide bonds. The monoisotopic (exact) mass is 229 g/mol. The zero-order valence-corrected chi connectivity index (χ0v) is 7.71. The van der Waals surface area contributed by atoms with Gasteiger partial charge in [0.15, 0.2) is 0 Å². The highest BCUT2D eigenvalue weighted by molar-refractivity contribution is 6.33. The van der Waals surface area contributed by atoms with E-state index >= 15 is 0 Å². The number of aromatic nitrogens is 1. The third-order valence-corrected chi connectivity index (χ3v) is 2.17. The summed E-state index contributed by atoms with van der Waals surface area (Å²) in [6.45, 7) is 0. The molecule has 13 heavy (non-hydrogen) atoms. The Morgan fingerprint density at radius 3 is 2.54 bits per heavy atom. The molecule has 1 nitrogen and oxygen atoms in total. The molecule has 1 rings (SSSR count). The topological polar surface area (TPSA) is 12.9 Å². The van der Waals surface area contributed by atoms with E-state index < -0.39 is 17.9 Å². The lowest BCUT2D eigenvalue weighted by molar-refractivity contribution is 0.150. The molecule has 0 saturated heterocycles. The Morgan fingerprint density at radius 1 is 1.46 bits per heavy atom. The summed E-state index contributed by atoms with van der Waals surface area (Å²) >= 11 is 10.8. The molecule has 0 unspecified atom stereocenters. The number of halogens is 5. The molecule has 0 atom stereocenters. The molecular weight excluding hydrogens is 226 g/mol. The predicted octanol–water partition coefficient (Wildman–Crippen LogP) is 3.55. The molecule has 1 aromatic rings. The van der Waals surface area contributed by atoms with Crippen molar-refractivity contribution in [2.75, 3.05) is 0 Å². The minimum atomic E-state index is -2.78. The molecule has 0 fully saturated rings. The van der Waals surface area contributed by atoms with Crippen LogP contribution in [0.1, 0.15) is 17.6 Å².